The Morgan fingerprint density at radius 2 is 1.69 bits per heavy atom. The van der Waals surface area contributed by atoms with Gasteiger partial charge >= 0.3 is 0 Å². The van der Waals surface area contributed by atoms with Crippen LogP contribution in [0.2, 0.25) is 0 Å². The zero-order valence-corrected chi connectivity index (χ0v) is 15.8. The van der Waals surface area contributed by atoms with Crippen LogP contribution >= 0.6 is 0 Å². The first kappa shape index (κ1) is 17.6. The molecular weight excluding hydrogens is 326 g/mol. The molecule has 1 aromatic carbocycles. The molecule has 4 aliphatic carbocycles. The highest BCUT2D eigenvalue weighted by molar-refractivity contribution is 6.00. The van der Waals surface area contributed by atoms with Crippen LogP contribution in [-0.4, -0.2) is 24.3 Å². The van der Waals surface area contributed by atoms with E-state index in [2.05, 4.69) is 5.32 Å². The molecule has 0 spiro atoms. The van der Waals surface area contributed by atoms with E-state index < -0.39 is 0 Å². The molecule has 4 heteroatoms. The van der Waals surface area contributed by atoms with E-state index in [0.29, 0.717) is 11.3 Å². The van der Waals surface area contributed by atoms with Crippen molar-refractivity contribution in [3.8, 4) is 5.75 Å². The van der Waals surface area contributed by atoms with Crippen molar-refractivity contribution in [1.82, 2.24) is 5.32 Å². The number of carbonyl (C=O) groups is 2. The first-order valence-electron chi connectivity index (χ1n) is 9.95. The molecule has 26 heavy (non-hydrogen) atoms. The van der Waals surface area contributed by atoms with E-state index in [1.54, 1.807) is 7.11 Å². The number of rotatable bonds is 6. The number of amides is 1. The van der Waals surface area contributed by atoms with Crippen LogP contribution in [0, 0.1) is 24.7 Å². The Morgan fingerprint density at radius 3 is 2.27 bits per heavy atom. The van der Waals surface area contributed by atoms with E-state index in [1.807, 2.05) is 25.1 Å². The van der Waals surface area contributed by atoms with Crippen molar-refractivity contribution in [3.63, 3.8) is 0 Å². The molecular formula is C22H29NO3. The van der Waals surface area contributed by atoms with E-state index >= 15 is 0 Å². The zero-order valence-electron chi connectivity index (χ0n) is 15.8. The van der Waals surface area contributed by atoms with E-state index in [-0.39, 0.29) is 30.1 Å². The molecule has 4 nitrogen and oxygen atoms in total. The molecule has 0 unspecified atom stereocenters. The van der Waals surface area contributed by atoms with Crippen molar-refractivity contribution in [2.24, 2.45) is 17.8 Å². The summed E-state index contributed by atoms with van der Waals surface area (Å²) in [5, 5.41) is 3.35. The summed E-state index contributed by atoms with van der Waals surface area (Å²) in [4.78, 5) is 25.2. The molecule has 4 saturated carbocycles. The Bertz CT molecular complexity index is 689. The number of ketones is 1. The number of nitrogens with one attached hydrogen (secondary N) is 1. The summed E-state index contributed by atoms with van der Waals surface area (Å²) >= 11 is 0. The predicted octanol–water partition coefficient (Wildman–Crippen LogP) is 4.05. The van der Waals surface area contributed by atoms with Crippen LogP contribution < -0.4 is 10.1 Å². The average molecular weight is 355 g/mol. The largest absolute Gasteiger partial charge is 0.496 e. The molecule has 0 atom stereocenters. The molecule has 4 fully saturated rings. The standard InChI is InChI=1S/C22H29NO3/c1-14-3-5-20(26-2)18(7-14)19(24)4-6-21(25)23-22-11-15-8-16(12-22)10-17(9-15)13-22/h3,5,7,15-17H,4,6,8-13H2,1-2H3,(H,23,25). The molecule has 1 N–H and O–H groups in total. The maximum Gasteiger partial charge on any atom is 0.220 e. The van der Waals surface area contributed by atoms with Gasteiger partial charge in [0.05, 0.1) is 12.7 Å². The summed E-state index contributed by atoms with van der Waals surface area (Å²) in [6, 6.07) is 5.59. The lowest BCUT2D eigenvalue weighted by molar-refractivity contribution is -0.126. The van der Waals surface area contributed by atoms with Crippen molar-refractivity contribution in [2.75, 3.05) is 7.11 Å². The maximum absolute atomic E-state index is 12.6. The fourth-order valence-corrected chi connectivity index (χ4v) is 6.02. The molecule has 140 valence electrons. The smallest absolute Gasteiger partial charge is 0.220 e. The normalized spacial score (nSPS) is 31.7. The van der Waals surface area contributed by atoms with Crippen LogP contribution in [0.5, 0.6) is 5.75 Å². The summed E-state index contributed by atoms with van der Waals surface area (Å²) in [6.45, 7) is 1.95. The maximum atomic E-state index is 12.6. The highest BCUT2D eigenvalue weighted by Crippen LogP contribution is 2.55. The van der Waals surface area contributed by atoms with Gasteiger partial charge in [0.2, 0.25) is 5.91 Å². The Balaban J connectivity index is 1.36. The molecule has 0 heterocycles. The SMILES string of the molecule is COc1ccc(C)cc1C(=O)CCC(=O)NC12CC3CC(CC(C3)C1)C2. The summed E-state index contributed by atoms with van der Waals surface area (Å²) in [6.07, 6.45) is 8.01. The molecule has 1 amide bonds. The van der Waals surface area contributed by atoms with Crippen LogP contribution in [0.1, 0.15) is 67.3 Å². The van der Waals surface area contributed by atoms with Gasteiger partial charge in [0, 0.05) is 18.4 Å². The van der Waals surface area contributed by atoms with E-state index in [9.17, 15) is 9.59 Å². The third-order valence-electron chi connectivity index (χ3n) is 6.68. The van der Waals surface area contributed by atoms with Gasteiger partial charge in [-0.25, -0.2) is 0 Å². The lowest BCUT2D eigenvalue weighted by Crippen LogP contribution is -2.59. The minimum Gasteiger partial charge on any atom is -0.496 e. The fraction of sp³-hybridized carbons (Fsp3) is 0.636. The van der Waals surface area contributed by atoms with E-state index in [1.165, 1.54) is 19.3 Å². The van der Waals surface area contributed by atoms with Crippen molar-refractivity contribution in [1.29, 1.82) is 0 Å². The number of methoxy groups -OCH3 is 1. The van der Waals surface area contributed by atoms with Crippen molar-refractivity contribution >= 4 is 11.7 Å². The van der Waals surface area contributed by atoms with E-state index in [0.717, 1.165) is 42.6 Å². The number of hydrogen-bond acceptors (Lipinski definition) is 3. The van der Waals surface area contributed by atoms with Crippen molar-refractivity contribution in [2.45, 2.75) is 63.8 Å². The number of Topliss-reactive ketones (excluding diaryl/α,β-unsaturated/α-hetero) is 1. The number of ether oxygens (including phenoxy) is 1. The third-order valence-corrected chi connectivity index (χ3v) is 6.68. The lowest BCUT2D eigenvalue weighted by atomic mass is 9.53. The summed E-state index contributed by atoms with van der Waals surface area (Å²) in [5.74, 6) is 3.01. The Labute approximate surface area is 155 Å². The number of aryl methyl sites for hydroxylation is 1. The van der Waals surface area contributed by atoms with Gasteiger partial charge in [0.15, 0.2) is 5.78 Å². The van der Waals surface area contributed by atoms with Crippen LogP contribution in [-0.2, 0) is 4.79 Å². The second kappa shape index (κ2) is 6.71. The fourth-order valence-electron chi connectivity index (χ4n) is 6.02. The van der Waals surface area contributed by atoms with Gasteiger partial charge in [-0.3, -0.25) is 9.59 Å². The molecule has 0 aliphatic heterocycles. The summed E-state index contributed by atoms with van der Waals surface area (Å²) < 4.78 is 5.30. The Kier molecular flexibility index (Phi) is 4.54. The number of carbonyl (C=O) groups excluding carboxylic acids is 2. The molecule has 0 saturated heterocycles. The minimum atomic E-state index is -0.0220. The predicted molar refractivity (Wildman–Crippen MR) is 100 cm³/mol. The molecule has 4 bridgehead atoms. The van der Waals surface area contributed by atoms with Crippen molar-refractivity contribution < 1.29 is 14.3 Å². The van der Waals surface area contributed by atoms with Gasteiger partial charge in [0.25, 0.3) is 0 Å². The second-order valence-corrected chi connectivity index (χ2v) is 8.87. The highest BCUT2D eigenvalue weighted by Gasteiger charge is 2.51. The first-order valence-corrected chi connectivity index (χ1v) is 9.95. The van der Waals surface area contributed by atoms with Gasteiger partial charge in [-0.05, 0) is 75.3 Å². The van der Waals surface area contributed by atoms with Crippen LogP contribution in [0.4, 0.5) is 0 Å². The molecule has 5 rings (SSSR count). The topological polar surface area (TPSA) is 55.4 Å². The van der Waals surface area contributed by atoms with Gasteiger partial charge < -0.3 is 10.1 Å². The van der Waals surface area contributed by atoms with Crippen LogP contribution in [0.25, 0.3) is 0 Å². The summed E-state index contributed by atoms with van der Waals surface area (Å²) in [7, 11) is 1.57. The quantitative estimate of drug-likeness (QED) is 0.783. The van der Waals surface area contributed by atoms with Gasteiger partial charge in [0.1, 0.15) is 5.75 Å². The van der Waals surface area contributed by atoms with Crippen molar-refractivity contribution in [3.05, 3.63) is 29.3 Å². The van der Waals surface area contributed by atoms with Crippen LogP contribution in [0.15, 0.2) is 18.2 Å². The Hall–Kier alpha value is -1.84. The summed E-state index contributed by atoms with van der Waals surface area (Å²) in [5.41, 5.74) is 1.62. The molecule has 4 aliphatic rings. The average Bonchev–Trinajstić information content (AvgIpc) is 2.58. The Morgan fingerprint density at radius 1 is 1.08 bits per heavy atom. The van der Waals surface area contributed by atoms with Gasteiger partial charge in [-0.1, -0.05) is 11.6 Å². The highest BCUT2D eigenvalue weighted by atomic mass is 16.5. The number of hydrogen-bond donors (Lipinski definition) is 1. The monoisotopic (exact) mass is 355 g/mol. The first-order chi connectivity index (χ1) is 12.5. The molecule has 1 aromatic rings. The zero-order chi connectivity index (χ0) is 18.3. The van der Waals surface area contributed by atoms with Crippen LogP contribution in [0.3, 0.4) is 0 Å². The minimum absolute atomic E-state index is 0.0220. The lowest BCUT2D eigenvalue weighted by Gasteiger charge is -2.56. The van der Waals surface area contributed by atoms with Gasteiger partial charge in [-0.2, -0.15) is 0 Å². The molecule has 0 aromatic heterocycles. The van der Waals surface area contributed by atoms with E-state index in [4.69, 9.17) is 4.74 Å². The van der Waals surface area contributed by atoms with Gasteiger partial charge in [-0.15, -0.1) is 0 Å². The number of benzene rings is 1. The molecule has 0 radical (unpaired) electrons. The third kappa shape index (κ3) is 3.38. The second-order valence-electron chi connectivity index (χ2n) is 8.87.